The van der Waals surface area contributed by atoms with Crippen LogP contribution in [0.5, 0.6) is 0 Å². The summed E-state index contributed by atoms with van der Waals surface area (Å²) in [6, 6.07) is 18.3. The van der Waals surface area contributed by atoms with Crippen LogP contribution in [0.3, 0.4) is 0 Å². The fraction of sp³-hybridized carbons (Fsp3) is 0.250. The first kappa shape index (κ1) is 37.1. The summed E-state index contributed by atoms with van der Waals surface area (Å²) in [6.07, 6.45) is -22.1. The highest BCUT2D eigenvalue weighted by Crippen LogP contribution is 2.56. The van der Waals surface area contributed by atoms with Crippen LogP contribution in [0.15, 0.2) is 97.1 Å². The van der Waals surface area contributed by atoms with Crippen LogP contribution in [0, 0.1) is 6.92 Å². The third-order valence-electron chi connectivity index (χ3n) is 7.39. The Balaban J connectivity index is 0.000000250. The van der Waals surface area contributed by atoms with E-state index in [1.54, 1.807) is 12.1 Å². The second-order valence-corrected chi connectivity index (χ2v) is 11.2. The van der Waals surface area contributed by atoms with E-state index in [0.717, 1.165) is 71.8 Å². The largest absolute Gasteiger partial charge is 0.411 e. The predicted molar refractivity (Wildman–Crippen MR) is 152 cm³/mol. The van der Waals surface area contributed by atoms with Gasteiger partial charge in [-0.1, -0.05) is 102 Å². The zero-order valence-corrected chi connectivity index (χ0v) is 25.0. The summed E-state index contributed by atoms with van der Waals surface area (Å²) >= 11 is 11.2. The Morgan fingerprint density at radius 3 is 0.957 bits per heavy atom. The molecule has 0 aliphatic rings. The summed E-state index contributed by atoms with van der Waals surface area (Å²) in [5, 5.41) is 0.0613. The van der Waals surface area contributed by atoms with E-state index in [4.69, 9.17) is 23.2 Å². The van der Waals surface area contributed by atoms with E-state index in [9.17, 15) is 52.7 Å². The molecule has 248 valence electrons. The molecule has 0 fully saturated rings. The van der Waals surface area contributed by atoms with E-state index in [-0.39, 0.29) is 17.0 Å². The average Bonchev–Trinajstić information content (AvgIpc) is 2.93. The quantitative estimate of drug-likeness (QED) is 0.186. The van der Waals surface area contributed by atoms with E-state index in [1.165, 1.54) is 12.1 Å². The van der Waals surface area contributed by atoms with Gasteiger partial charge in [0.1, 0.15) is 0 Å². The molecule has 0 radical (unpaired) electrons. The molecule has 4 aromatic rings. The highest BCUT2D eigenvalue weighted by Gasteiger charge is 2.72. The minimum absolute atomic E-state index is 0.0307. The zero-order chi connectivity index (χ0) is 34.9. The summed E-state index contributed by atoms with van der Waals surface area (Å²) in [5.74, 6) is 0. The maximum atomic E-state index is 13.7. The Labute approximate surface area is 265 Å². The van der Waals surface area contributed by atoms with Crippen molar-refractivity contribution in [2.24, 2.45) is 0 Å². The predicted octanol–water partition coefficient (Wildman–Crippen LogP) is 12.4. The van der Waals surface area contributed by atoms with E-state index in [0.29, 0.717) is 5.56 Å². The van der Waals surface area contributed by atoms with Crippen LogP contribution in [-0.4, -0.2) is 24.7 Å². The molecule has 0 amide bonds. The van der Waals surface area contributed by atoms with E-state index >= 15 is 0 Å². The molecule has 0 saturated heterocycles. The lowest BCUT2D eigenvalue weighted by Crippen LogP contribution is -2.54. The minimum atomic E-state index is -5.62. The van der Waals surface area contributed by atoms with Gasteiger partial charge in [-0.2, -0.15) is 52.7 Å². The fourth-order valence-electron chi connectivity index (χ4n) is 4.61. The van der Waals surface area contributed by atoms with E-state index < -0.39 is 52.2 Å². The van der Waals surface area contributed by atoms with Crippen molar-refractivity contribution in [3.8, 4) is 11.1 Å². The van der Waals surface area contributed by atoms with Gasteiger partial charge in [0.2, 0.25) is 5.41 Å². The second-order valence-electron chi connectivity index (χ2n) is 10.3. The van der Waals surface area contributed by atoms with Gasteiger partial charge in [-0.25, -0.2) is 0 Å². The summed E-state index contributed by atoms with van der Waals surface area (Å²) in [5.41, 5.74) is -8.54. The Hall–Kier alpha value is -3.38. The normalized spacial score (nSPS) is 13.2. The monoisotopic (exact) mass is 704 g/mol. The van der Waals surface area contributed by atoms with Gasteiger partial charge in [0.05, 0.1) is 0 Å². The van der Waals surface area contributed by atoms with Crippen molar-refractivity contribution >= 4 is 23.2 Å². The Morgan fingerprint density at radius 1 is 0.391 bits per heavy atom. The maximum absolute atomic E-state index is 13.7. The number of alkyl halides is 12. The van der Waals surface area contributed by atoms with Crippen LogP contribution < -0.4 is 0 Å². The average molecular weight is 705 g/mol. The van der Waals surface area contributed by atoms with Crippen LogP contribution in [-0.2, 0) is 10.8 Å². The first-order valence-corrected chi connectivity index (χ1v) is 13.7. The standard InChI is InChI=1S/C17H14F6.C15H8Cl2F6/c1-11-3-5-12(6-4-11)13-7-9-14(10-8-13)15(2,16(18,19)20)17(21,22)23;16-11-5-1-9(2-6-11)13(14(18,19)20,15(21,22)23)10-3-7-12(17)8-4-10/h3-10H,1-2H3;1-8H. The van der Waals surface area contributed by atoms with Crippen LogP contribution in [0.2, 0.25) is 10.0 Å². The minimum Gasteiger partial charge on any atom is -0.170 e. The lowest BCUT2D eigenvalue weighted by Gasteiger charge is -2.38. The van der Waals surface area contributed by atoms with Crippen molar-refractivity contribution in [2.45, 2.75) is 49.4 Å². The number of hydrogen-bond acceptors (Lipinski definition) is 0. The molecule has 0 nitrogen and oxygen atoms in total. The Morgan fingerprint density at radius 2 is 0.674 bits per heavy atom. The molecule has 0 aliphatic carbocycles. The third-order valence-corrected chi connectivity index (χ3v) is 7.89. The number of halogens is 14. The molecular formula is C32H22Cl2F12. The van der Waals surface area contributed by atoms with Crippen molar-refractivity contribution in [3.05, 3.63) is 129 Å². The first-order chi connectivity index (χ1) is 21.0. The lowest BCUT2D eigenvalue weighted by atomic mass is 9.73. The summed E-state index contributed by atoms with van der Waals surface area (Å²) in [6.45, 7) is 2.04. The maximum Gasteiger partial charge on any atom is 0.411 e. The van der Waals surface area contributed by atoms with Gasteiger partial charge >= 0.3 is 24.7 Å². The van der Waals surface area contributed by atoms with Crippen molar-refractivity contribution < 1.29 is 52.7 Å². The number of rotatable bonds is 4. The summed E-state index contributed by atoms with van der Waals surface area (Å²) < 4.78 is 160. The Kier molecular flexibility index (Phi) is 10.5. The third kappa shape index (κ3) is 7.12. The SMILES string of the molecule is Cc1ccc(-c2ccc(C(C)(C(F)(F)F)C(F)(F)F)cc2)cc1.FC(F)(F)C(c1ccc(Cl)cc1)(c1ccc(Cl)cc1)C(F)(F)F. The van der Waals surface area contributed by atoms with Crippen molar-refractivity contribution in [2.75, 3.05) is 0 Å². The van der Waals surface area contributed by atoms with Crippen molar-refractivity contribution in [3.63, 3.8) is 0 Å². The molecular weight excluding hydrogens is 683 g/mol. The molecule has 0 aliphatic heterocycles. The van der Waals surface area contributed by atoms with E-state index in [1.807, 2.05) is 19.1 Å². The molecule has 46 heavy (non-hydrogen) atoms. The van der Waals surface area contributed by atoms with Gasteiger partial charge in [0.15, 0.2) is 5.41 Å². The van der Waals surface area contributed by atoms with Gasteiger partial charge in [0.25, 0.3) is 0 Å². The zero-order valence-electron chi connectivity index (χ0n) is 23.5. The highest BCUT2D eigenvalue weighted by atomic mass is 35.5. The topological polar surface area (TPSA) is 0 Å². The summed E-state index contributed by atoms with van der Waals surface area (Å²) in [4.78, 5) is 0. The highest BCUT2D eigenvalue weighted by molar-refractivity contribution is 6.30. The Bertz CT molecular complexity index is 1510. The molecule has 14 heteroatoms. The van der Waals surface area contributed by atoms with Crippen LogP contribution in [0.1, 0.15) is 29.2 Å². The van der Waals surface area contributed by atoms with Gasteiger partial charge in [-0.15, -0.1) is 0 Å². The smallest absolute Gasteiger partial charge is 0.170 e. The molecule has 4 rings (SSSR count). The van der Waals surface area contributed by atoms with Gasteiger partial charge in [-0.05, 0) is 65.9 Å². The first-order valence-electron chi connectivity index (χ1n) is 12.9. The van der Waals surface area contributed by atoms with Gasteiger partial charge in [-0.3, -0.25) is 0 Å². The summed E-state index contributed by atoms with van der Waals surface area (Å²) in [7, 11) is 0. The lowest BCUT2D eigenvalue weighted by molar-refractivity contribution is -0.297. The molecule has 0 heterocycles. The molecule has 0 unspecified atom stereocenters. The molecule has 0 saturated carbocycles. The van der Waals surface area contributed by atoms with Gasteiger partial charge in [0, 0.05) is 10.0 Å². The molecule has 4 aromatic carbocycles. The van der Waals surface area contributed by atoms with E-state index in [2.05, 4.69) is 0 Å². The van der Waals surface area contributed by atoms with Crippen LogP contribution in [0.25, 0.3) is 11.1 Å². The van der Waals surface area contributed by atoms with Crippen LogP contribution in [0.4, 0.5) is 52.7 Å². The van der Waals surface area contributed by atoms with Crippen molar-refractivity contribution in [1.82, 2.24) is 0 Å². The molecule has 0 bridgehead atoms. The molecule has 0 spiro atoms. The number of aryl methyl sites for hydroxylation is 1. The van der Waals surface area contributed by atoms with Crippen LogP contribution >= 0.6 is 23.2 Å². The second kappa shape index (κ2) is 13.0. The molecule has 0 aromatic heterocycles. The van der Waals surface area contributed by atoms with Crippen molar-refractivity contribution in [1.29, 1.82) is 0 Å². The molecule has 0 atom stereocenters. The molecule has 0 N–H and O–H groups in total. The fourth-order valence-corrected chi connectivity index (χ4v) is 4.86. The number of hydrogen-bond donors (Lipinski definition) is 0. The number of benzene rings is 4. The van der Waals surface area contributed by atoms with Gasteiger partial charge < -0.3 is 0 Å².